The predicted molar refractivity (Wildman–Crippen MR) is 94.8 cm³/mol. The van der Waals surface area contributed by atoms with Crippen molar-refractivity contribution in [2.45, 2.75) is 0 Å². The summed E-state index contributed by atoms with van der Waals surface area (Å²) in [6.07, 6.45) is 0. The summed E-state index contributed by atoms with van der Waals surface area (Å²) in [7, 11) is -1.52. The second-order valence-corrected chi connectivity index (χ2v) is 5.93. The van der Waals surface area contributed by atoms with Crippen LogP contribution in [0.25, 0.3) is 22.3 Å². The van der Waals surface area contributed by atoms with E-state index in [4.69, 9.17) is 0 Å². The molecule has 22 heavy (non-hydrogen) atoms. The van der Waals surface area contributed by atoms with Crippen molar-refractivity contribution < 1.29 is 10.0 Å². The summed E-state index contributed by atoms with van der Waals surface area (Å²) in [6, 6.07) is 23.6. The first-order chi connectivity index (χ1) is 10.7. The van der Waals surface area contributed by atoms with Crippen molar-refractivity contribution in [1.82, 2.24) is 0 Å². The maximum absolute atomic E-state index is 9.69. The van der Waals surface area contributed by atoms with Gasteiger partial charge >= 0.3 is 7.12 Å². The average Bonchev–Trinajstić information content (AvgIpc) is 2.55. The van der Waals surface area contributed by atoms with Gasteiger partial charge in [0, 0.05) is 4.47 Å². The van der Waals surface area contributed by atoms with Gasteiger partial charge in [0.1, 0.15) is 0 Å². The molecule has 3 rings (SSSR count). The third-order valence-corrected chi connectivity index (χ3v) is 4.09. The van der Waals surface area contributed by atoms with Crippen molar-refractivity contribution >= 4 is 28.5 Å². The topological polar surface area (TPSA) is 40.5 Å². The van der Waals surface area contributed by atoms with Gasteiger partial charge in [0.15, 0.2) is 0 Å². The molecule has 0 spiro atoms. The van der Waals surface area contributed by atoms with Gasteiger partial charge < -0.3 is 10.0 Å². The molecule has 0 aliphatic carbocycles. The van der Waals surface area contributed by atoms with E-state index in [-0.39, 0.29) is 0 Å². The molecule has 3 aromatic carbocycles. The van der Waals surface area contributed by atoms with Gasteiger partial charge in [-0.1, -0.05) is 76.6 Å². The van der Waals surface area contributed by atoms with Gasteiger partial charge in [-0.25, -0.2) is 0 Å². The fraction of sp³-hybridized carbons (Fsp3) is 0. The fourth-order valence-electron chi connectivity index (χ4n) is 2.58. The zero-order valence-electron chi connectivity index (χ0n) is 11.8. The van der Waals surface area contributed by atoms with Crippen LogP contribution in [-0.4, -0.2) is 17.2 Å². The van der Waals surface area contributed by atoms with E-state index in [2.05, 4.69) is 15.9 Å². The lowest BCUT2D eigenvalue weighted by Crippen LogP contribution is -2.31. The van der Waals surface area contributed by atoms with Crippen molar-refractivity contribution in [1.29, 1.82) is 0 Å². The largest absolute Gasteiger partial charge is 0.489 e. The summed E-state index contributed by atoms with van der Waals surface area (Å²) in [5.41, 5.74) is 4.44. The number of benzene rings is 3. The number of rotatable bonds is 3. The van der Waals surface area contributed by atoms with Crippen LogP contribution in [0.4, 0.5) is 0 Å². The monoisotopic (exact) mass is 352 g/mol. The maximum Gasteiger partial charge on any atom is 0.489 e. The SMILES string of the molecule is OB(O)c1cc(Br)ccc1-c1ccccc1-c1ccccc1. The molecule has 4 heteroatoms. The lowest BCUT2D eigenvalue weighted by atomic mass is 9.74. The van der Waals surface area contributed by atoms with E-state index < -0.39 is 7.12 Å². The zero-order valence-corrected chi connectivity index (χ0v) is 13.4. The summed E-state index contributed by atoms with van der Waals surface area (Å²) in [5.74, 6) is 0. The molecule has 0 atom stereocenters. The first-order valence-corrected chi connectivity index (χ1v) is 7.76. The van der Waals surface area contributed by atoms with Crippen molar-refractivity contribution in [3.8, 4) is 22.3 Å². The highest BCUT2D eigenvalue weighted by atomic mass is 79.9. The normalized spacial score (nSPS) is 10.5. The predicted octanol–water partition coefficient (Wildman–Crippen LogP) is 3.46. The molecule has 0 amide bonds. The van der Waals surface area contributed by atoms with Crippen molar-refractivity contribution in [3.63, 3.8) is 0 Å². The molecule has 0 aromatic heterocycles. The van der Waals surface area contributed by atoms with Crippen molar-refractivity contribution in [2.75, 3.05) is 0 Å². The molecular formula is C18H14BBrO2. The molecule has 0 bridgehead atoms. The molecule has 108 valence electrons. The molecule has 0 saturated heterocycles. The molecule has 0 aliphatic heterocycles. The van der Waals surface area contributed by atoms with Crippen molar-refractivity contribution in [3.05, 3.63) is 77.3 Å². The van der Waals surface area contributed by atoms with Crippen LogP contribution in [0.1, 0.15) is 0 Å². The molecule has 0 heterocycles. The lowest BCUT2D eigenvalue weighted by molar-refractivity contribution is 0.426. The Morgan fingerprint density at radius 2 is 1.32 bits per heavy atom. The summed E-state index contributed by atoms with van der Waals surface area (Å²) in [4.78, 5) is 0. The Hall–Kier alpha value is -1.88. The molecule has 0 radical (unpaired) electrons. The Morgan fingerprint density at radius 3 is 2.00 bits per heavy atom. The van der Waals surface area contributed by atoms with Crippen LogP contribution < -0.4 is 5.46 Å². The van der Waals surface area contributed by atoms with Crippen LogP contribution >= 0.6 is 15.9 Å². The van der Waals surface area contributed by atoms with Gasteiger partial charge in [0.05, 0.1) is 0 Å². The third kappa shape index (κ3) is 3.00. The quantitative estimate of drug-likeness (QED) is 0.708. The van der Waals surface area contributed by atoms with Crippen LogP contribution in [0.15, 0.2) is 77.3 Å². The van der Waals surface area contributed by atoms with Crippen LogP contribution in [0.5, 0.6) is 0 Å². The third-order valence-electron chi connectivity index (χ3n) is 3.59. The van der Waals surface area contributed by atoms with Gasteiger partial charge in [-0.2, -0.15) is 0 Å². The van der Waals surface area contributed by atoms with Gasteiger partial charge in [-0.15, -0.1) is 0 Å². The molecule has 3 aromatic rings. The molecule has 0 saturated carbocycles. The second kappa shape index (κ2) is 6.49. The summed E-state index contributed by atoms with van der Waals surface area (Å²) in [5, 5.41) is 19.4. The van der Waals surface area contributed by atoms with E-state index in [1.165, 1.54) is 0 Å². The van der Waals surface area contributed by atoms with Crippen molar-refractivity contribution in [2.24, 2.45) is 0 Å². The Kier molecular flexibility index (Phi) is 4.43. The minimum atomic E-state index is -1.52. The van der Waals surface area contributed by atoms with E-state index in [0.29, 0.717) is 5.46 Å². The Morgan fingerprint density at radius 1 is 0.682 bits per heavy atom. The maximum atomic E-state index is 9.69. The van der Waals surface area contributed by atoms with Crippen LogP contribution in [-0.2, 0) is 0 Å². The van der Waals surface area contributed by atoms with E-state index in [1.807, 2.05) is 66.7 Å². The Labute approximate surface area is 138 Å². The first-order valence-electron chi connectivity index (χ1n) is 6.97. The summed E-state index contributed by atoms with van der Waals surface area (Å²) < 4.78 is 0.816. The smallest absolute Gasteiger partial charge is 0.423 e. The van der Waals surface area contributed by atoms with Gasteiger partial charge in [-0.05, 0) is 39.8 Å². The highest BCUT2D eigenvalue weighted by Crippen LogP contribution is 2.31. The number of hydrogen-bond acceptors (Lipinski definition) is 2. The highest BCUT2D eigenvalue weighted by molar-refractivity contribution is 9.10. The molecule has 2 nitrogen and oxygen atoms in total. The lowest BCUT2D eigenvalue weighted by Gasteiger charge is -2.14. The molecule has 0 unspecified atom stereocenters. The van der Waals surface area contributed by atoms with Crippen LogP contribution in [0, 0.1) is 0 Å². The minimum absolute atomic E-state index is 0.484. The summed E-state index contributed by atoms with van der Waals surface area (Å²) in [6.45, 7) is 0. The van der Waals surface area contributed by atoms with E-state index in [9.17, 15) is 10.0 Å². The molecule has 2 N–H and O–H groups in total. The van der Waals surface area contributed by atoms with E-state index >= 15 is 0 Å². The number of halogens is 1. The minimum Gasteiger partial charge on any atom is -0.423 e. The van der Waals surface area contributed by atoms with E-state index in [1.54, 1.807) is 6.07 Å². The number of hydrogen-bond donors (Lipinski definition) is 2. The average molecular weight is 353 g/mol. The van der Waals surface area contributed by atoms with Crippen LogP contribution in [0.2, 0.25) is 0 Å². The molecular weight excluding hydrogens is 339 g/mol. The van der Waals surface area contributed by atoms with Crippen LogP contribution in [0.3, 0.4) is 0 Å². The standard InChI is InChI=1S/C18H14BBrO2/c20-14-10-11-17(18(12-14)19(21)22)16-9-5-4-8-15(16)13-6-2-1-3-7-13/h1-12,21-22H. The first kappa shape index (κ1) is 15.0. The van der Waals surface area contributed by atoms with E-state index in [0.717, 1.165) is 26.7 Å². The van der Waals surface area contributed by atoms with Gasteiger partial charge in [0.25, 0.3) is 0 Å². The Balaban J connectivity index is 2.22. The highest BCUT2D eigenvalue weighted by Gasteiger charge is 2.19. The van der Waals surface area contributed by atoms with Gasteiger partial charge in [-0.3, -0.25) is 0 Å². The second-order valence-electron chi connectivity index (χ2n) is 5.02. The molecule has 0 aliphatic rings. The van der Waals surface area contributed by atoms with Gasteiger partial charge in [0.2, 0.25) is 0 Å². The fourth-order valence-corrected chi connectivity index (χ4v) is 2.96. The zero-order chi connectivity index (χ0) is 15.5. The summed E-state index contributed by atoms with van der Waals surface area (Å²) >= 11 is 3.38. The Bertz CT molecular complexity index is 788. The molecule has 0 fully saturated rings.